The number of fused-ring (bicyclic) bond motifs is 1. The first-order valence-electron chi connectivity index (χ1n) is 8.34. The molecule has 29 heavy (non-hydrogen) atoms. The third kappa shape index (κ3) is 4.42. The van der Waals surface area contributed by atoms with Crippen LogP contribution in [0.25, 0.3) is 5.65 Å². The molecule has 3 aromatic rings. The third-order valence-electron chi connectivity index (χ3n) is 3.99. The Morgan fingerprint density at radius 3 is 2.69 bits per heavy atom. The first-order valence-corrected chi connectivity index (χ1v) is 8.72. The van der Waals surface area contributed by atoms with Gasteiger partial charge in [-0.1, -0.05) is 17.7 Å². The van der Waals surface area contributed by atoms with Crippen LogP contribution in [0.4, 0.5) is 17.6 Å². The van der Waals surface area contributed by atoms with E-state index in [0.29, 0.717) is 16.8 Å². The Labute approximate surface area is 167 Å². The van der Waals surface area contributed by atoms with Crippen molar-refractivity contribution in [3.63, 3.8) is 0 Å². The molecule has 0 amide bonds. The van der Waals surface area contributed by atoms with Crippen LogP contribution in [0.15, 0.2) is 24.4 Å². The highest BCUT2D eigenvalue weighted by atomic mass is 35.5. The Kier molecular flexibility index (Phi) is 5.65. The molecule has 0 spiro atoms. The van der Waals surface area contributed by atoms with Crippen molar-refractivity contribution in [2.24, 2.45) is 0 Å². The van der Waals surface area contributed by atoms with Gasteiger partial charge in [0.05, 0.1) is 12.8 Å². The molecule has 0 bridgehead atoms. The molecule has 6 nitrogen and oxygen atoms in total. The quantitative estimate of drug-likeness (QED) is 0.338. The van der Waals surface area contributed by atoms with Gasteiger partial charge in [0, 0.05) is 17.7 Å². The molecule has 0 saturated heterocycles. The van der Waals surface area contributed by atoms with Crippen LogP contribution in [0, 0.1) is 12.7 Å². The fraction of sp³-hybridized carbons (Fsp3) is 0.278. The van der Waals surface area contributed by atoms with E-state index in [0.717, 1.165) is 12.1 Å². The number of nitrogens with zero attached hydrogens (tertiary/aromatic N) is 3. The number of hydrogen-bond donors (Lipinski definition) is 0. The van der Waals surface area contributed by atoms with Gasteiger partial charge in [0.1, 0.15) is 10.7 Å². The number of carbonyl (C=O) groups excluding carboxylic acids is 1. The zero-order valence-electron chi connectivity index (χ0n) is 15.2. The van der Waals surface area contributed by atoms with E-state index in [1.54, 1.807) is 13.8 Å². The summed E-state index contributed by atoms with van der Waals surface area (Å²) in [7, 11) is 0. The number of alkyl halides is 3. The number of aromatic nitrogens is 3. The van der Waals surface area contributed by atoms with Gasteiger partial charge in [-0.2, -0.15) is 5.10 Å². The first kappa shape index (κ1) is 20.8. The maximum Gasteiger partial charge on any atom is 0.573 e. The summed E-state index contributed by atoms with van der Waals surface area (Å²) in [5.74, 6) is -2.69. The van der Waals surface area contributed by atoms with Gasteiger partial charge >= 0.3 is 12.3 Å². The van der Waals surface area contributed by atoms with Crippen LogP contribution in [0.5, 0.6) is 5.75 Å². The van der Waals surface area contributed by atoms with Crippen molar-refractivity contribution < 1.29 is 31.8 Å². The average molecular weight is 432 g/mol. The second kappa shape index (κ2) is 7.86. The average Bonchev–Trinajstić information content (AvgIpc) is 3.04. The predicted molar refractivity (Wildman–Crippen MR) is 94.6 cm³/mol. The molecule has 0 atom stereocenters. The Hall–Kier alpha value is -2.88. The number of hydrogen-bond acceptors (Lipinski definition) is 5. The van der Waals surface area contributed by atoms with Crippen molar-refractivity contribution in [3.8, 4) is 5.75 Å². The monoisotopic (exact) mass is 431 g/mol. The molecule has 0 aliphatic rings. The van der Waals surface area contributed by atoms with E-state index in [-0.39, 0.29) is 29.4 Å². The zero-order valence-corrected chi connectivity index (χ0v) is 15.9. The van der Waals surface area contributed by atoms with Crippen LogP contribution in [0.3, 0.4) is 0 Å². The van der Waals surface area contributed by atoms with E-state index in [4.69, 9.17) is 16.3 Å². The molecule has 0 aliphatic carbocycles. The molecule has 2 heterocycles. The largest absolute Gasteiger partial charge is 0.573 e. The lowest BCUT2D eigenvalue weighted by molar-refractivity contribution is -0.275. The molecule has 0 fully saturated rings. The zero-order chi connectivity index (χ0) is 21.3. The summed E-state index contributed by atoms with van der Waals surface area (Å²) in [6.45, 7) is 3.46. The number of aryl methyl sites for hydroxylation is 1. The smallest absolute Gasteiger partial charge is 0.462 e. The topological polar surface area (TPSA) is 65.7 Å². The molecule has 3 rings (SSSR count). The van der Waals surface area contributed by atoms with Crippen molar-refractivity contribution >= 4 is 23.2 Å². The molecule has 0 unspecified atom stereocenters. The lowest BCUT2D eigenvalue weighted by atomic mass is 10.0. The second-order valence-electron chi connectivity index (χ2n) is 5.97. The maximum atomic E-state index is 13.6. The lowest BCUT2D eigenvalue weighted by Gasteiger charge is -2.13. The maximum absolute atomic E-state index is 13.6. The van der Waals surface area contributed by atoms with Gasteiger partial charge < -0.3 is 9.47 Å². The number of carbonyl (C=O) groups is 1. The molecular weight excluding hydrogens is 418 g/mol. The summed E-state index contributed by atoms with van der Waals surface area (Å²) in [4.78, 5) is 16.3. The van der Waals surface area contributed by atoms with Gasteiger partial charge in [-0.05, 0) is 31.5 Å². The minimum absolute atomic E-state index is 0.0384. The number of ether oxygens (including phenoxy) is 2. The van der Waals surface area contributed by atoms with Crippen molar-refractivity contribution in [2.75, 3.05) is 6.61 Å². The Morgan fingerprint density at radius 2 is 2.03 bits per heavy atom. The summed E-state index contributed by atoms with van der Waals surface area (Å²) in [6.07, 6.45) is -3.72. The first-order chi connectivity index (χ1) is 13.6. The van der Waals surface area contributed by atoms with Gasteiger partial charge in [-0.25, -0.2) is 18.7 Å². The number of benzene rings is 1. The van der Waals surface area contributed by atoms with E-state index in [9.17, 15) is 22.4 Å². The molecule has 154 valence electrons. The fourth-order valence-corrected chi connectivity index (χ4v) is 3.04. The van der Waals surface area contributed by atoms with E-state index in [2.05, 4.69) is 14.8 Å². The van der Waals surface area contributed by atoms with E-state index in [1.165, 1.54) is 16.8 Å². The molecular formula is C18H14ClF4N3O3. The van der Waals surface area contributed by atoms with Crippen LogP contribution in [0.2, 0.25) is 5.15 Å². The van der Waals surface area contributed by atoms with E-state index in [1.807, 2.05) is 0 Å². The molecule has 0 N–H and O–H groups in total. The molecule has 0 saturated carbocycles. The van der Waals surface area contributed by atoms with Crippen LogP contribution >= 0.6 is 11.6 Å². The highest BCUT2D eigenvalue weighted by Crippen LogP contribution is 2.29. The molecule has 0 aliphatic heterocycles. The third-order valence-corrected chi connectivity index (χ3v) is 4.37. The molecule has 11 heteroatoms. The van der Waals surface area contributed by atoms with Gasteiger partial charge in [-0.3, -0.25) is 0 Å². The van der Waals surface area contributed by atoms with Crippen LogP contribution in [-0.2, 0) is 11.2 Å². The molecule has 0 radical (unpaired) electrons. The SMILES string of the molecule is CCOC(=O)c1cnn2c(Cl)c(Cc3ccc(F)c(OC(F)(F)F)c3)c(C)nc12. The highest BCUT2D eigenvalue weighted by Gasteiger charge is 2.32. The van der Waals surface area contributed by atoms with Crippen LogP contribution in [0.1, 0.15) is 34.1 Å². The standard InChI is InChI=1S/C18H14ClF4N3O3/c1-3-28-17(27)12-8-24-26-15(19)11(9(2)25-16(12)26)6-10-4-5-13(20)14(7-10)29-18(21,22)23/h4-5,7-8H,3,6H2,1-2H3. The Bertz CT molecular complexity index is 1080. The Balaban J connectivity index is 1.99. The summed E-state index contributed by atoms with van der Waals surface area (Å²) in [6, 6.07) is 3.12. The summed E-state index contributed by atoms with van der Waals surface area (Å²) >= 11 is 6.39. The van der Waals surface area contributed by atoms with Crippen molar-refractivity contribution in [3.05, 3.63) is 57.8 Å². The van der Waals surface area contributed by atoms with Gasteiger partial charge in [0.15, 0.2) is 17.2 Å². The van der Waals surface area contributed by atoms with Crippen LogP contribution in [-0.4, -0.2) is 33.5 Å². The van der Waals surface area contributed by atoms with Crippen molar-refractivity contribution in [1.82, 2.24) is 14.6 Å². The van der Waals surface area contributed by atoms with E-state index >= 15 is 0 Å². The second-order valence-corrected chi connectivity index (χ2v) is 6.33. The lowest BCUT2D eigenvalue weighted by Crippen LogP contribution is -2.18. The van der Waals surface area contributed by atoms with E-state index < -0.39 is 23.9 Å². The minimum atomic E-state index is -5.02. The number of halogens is 5. The number of rotatable bonds is 5. The van der Waals surface area contributed by atoms with Crippen molar-refractivity contribution in [2.45, 2.75) is 26.6 Å². The Morgan fingerprint density at radius 1 is 1.31 bits per heavy atom. The summed E-state index contributed by atoms with van der Waals surface area (Å²) < 4.78 is 60.8. The van der Waals surface area contributed by atoms with Gasteiger partial charge in [-0.15, -0.1) is 13.2 Å². The molecule has 2 aromatic heterocycles. The fourth-order valence-electron chi connectivity index (χ4n) is 2.72. The minimum Gasteiger partial charge on any atom is -0.462 e. The van der Waals surface area contributed by atoms with Crippen molar-refractivity contribution in [1.29, 1.82) is 0 Å². The highest BCUT2D eigenvalue weighted by molar-refractivity contribution is 6.30. The summed E-state index contributed by atoms with van der Waals surface area (Å²) in [5.41, 5.74) is 1.51. The normalized spacial score (nSPS) is 11.7. The van der Waals surface area contributed by atoms with Gasteiger partial charge in [0.25, 0.3) is 0 Å². The molecule has 1 aromatic carbocycles. The predicted octanol–water partition coefficient (Wildman–Crippen LogP) is 4.50. The number of esters is 1. The van der Waals surface area contributed by atoms with Crippen LogP contribution < -0.4 is 4.74 Å². The van der Waals surface area contributed by atoms with Gasteiger partial charge in [0.2, 0.25) is 0 Å². The summed E-state index contributed by atoms with van der Waals surface area (Å²) in [5, 5.41) is 4.15.